The van der Waals surface area contributed by atoms with E-state index in [9.17, 15) is 13.2 Å². The maximum absolute atomic E-state index is 12.4. The largest absolute Gasteiger partial charge is 0.351 e. The summed E-state index contributed by atoms with van der Waals surface area (Å²) in [5, 5.41) is 4.46. The SMILES string of the molecule is CC(C)C[C@@H](NS(=O)(=O)c1cccs1)C(=O)NCc1cccnc1. The van der Waals surface area contributed by atoms with Crippen LogP contribution >= 0.6 is 11.3 Å². The fourth-order valence-corrected chi connectivity index (χ4v) is 4.37. The number of nitrogens with one attached hydrogen (secondary N) is 2. The van der Waals surface area contributed by atoms with Gasteiger partial charge >= 0.3 is 0 Å². The van der Waals surface area contributed by atoms with Crippen molar-refractivity contribution >= 4 is 27.3 Å². The minimum Gasteiger partial charge on any atom is -0.351 e. The van der Waals surface area contributed by atoms with Crippen LogP contribution in [-0.4, -0.2) is 25.4 Å². The maximum atomic E-state index is 12.4. The third-order valence-electron chi connectivity index (χ3n) is 3.27. The normalized spacial score (nSPS) is 13.0. The van der Waals surface area contributed by atoms with Crippen LogP contribution in [0.1, 0.15) is 25.8 Å². The molecule has 0 bridgehead atoms. The first-order valence-electron chi connectivity index (χ1n) is 7.61. The van der Waals surface area contributed by atoms with Crippen LogP contribution in [0.25, 0.3) is 0 Å². The Bertz CT molecular complexity index is 744. The molecule has 0 radical (unpaired) electrons. The van der Waals surface area contributed by atoms with Crippen molar-refractivity contribution in [3.05, 3.63) is 47.6 Å². The maximum Gasteiger partial charge on any atom is 0.250 e. The molecular weight excluding hydrogens is 346 g/mol. The van der Waals surface area contributed by atoms with Gasteiger partial charge in [0.15, 0.2) is 0 Å². The number of nitrogens with zero attached hydrogens (tertiary/aromatic N) is 1. The molecule has 130 valence electrons. The molecule has 0 saturated heterocycles. The monoisotopic (exact) mass is 367 g/mol. The van der Waals surface area contributed by atoms with Gasteiger partial charge in [-0.25, -0.2) is 8.42 Å². The lowest BCUT2D eigenvalue weighted by Crippen LogP contribution is -2.47. The number of carbonyl (C=O) groups is 1. The van der Waals surface area contributed by atoms with Crippen LogP contribution in [0, 0.1) is 5.92 Å². The van der Waals surface area contributed by atoms with Crippen molar-refractivity contribution in [2.75, 3.05) is 0 Å². The summed E-state index contributed by atoms with van der Waals surface area (Å²) in [6.07, 6.45) is 3.74. The number of amides is 1. The quantitative estimate of drug-likeness (QED) is 0.748. The van der Waals surface area contributed by atoms with E-state index in [2.05, 4.69) is 15.0 Å². The van der Waals surface area contributed by atoms with Crippen LogP contribution < -0.4 is 10.0 Å². The first kappa shape index (κ1) is 18.6. The molecule has 24 heavy (non-hydrogen) atoms. The Morgan fingerprint density at radius 1 is 1.29 bits per heavy atom. The van der Waals surface area contributed by atoms with E-state index in [-0.39, 0.29) is 16.0 Å². The molecule has 0 aliphatic carbocycles. The fourth-order valence-electron chi connectivity index (χ4n) is 2.16. The summed E-state index contributed by atoms with van der Waals surface area (Å²) in [5.41, 5.74) is 0.857. The van der Waals surface area contributed by atoms with Crippen LogP contribution in [0.15, 0.2) is 46.2 Å². The highest BCUT2D eigenvalue weighted by Gasteiger charge is 2.26. The van der Waals surface area contributed by atoms with E-state index in [1.54, 1.807) is 29.9 Å². The van der Waals surface area contributed by atoms with Gasteiger partial charge in [0.05, 0.1) is 0 Å². The average molecular weight is 367 g/mol. The van der Waals surface area contributed by atoms with E-state index < -0.39 is 16.1 Å². The lowest BCUT2D eigenvalue weighted by Gasteiger charge is -2.19. The molecule has 2 aromatic rings. The Hall–Kier alpha value is -1.77. The lowest BCUT2D eigenvalue weighted by atomic mass is 10.0. The van der Waals surface area contributed by atoms with E-state index in [1.165, 1.54) is 6.07 Å². The van der Waals surface area contributed by atoms with Crippen molar-refractivity contribution in [1.82, 2.24) is 15.0 Å². The van der Waals surface area contributed by atoms with Crippen LogP contribution in [0.3, 0.4) is 0 Å². The van der Waals surface area contributed by atoms with Crippen LogP contribution in [-0.2, 0) is 21.4 Å². The van der Waals surface area contributed by atoms with E-state index in [1.807, 2.05) is 19.9 Å². The average Bonchev–Trinajstić information content (AvgIpc) is 3.07. The highest BCUT2D eigenvalue weighted by atomic mass is 32.2. The van der Waals surface area contributed by atoms with Gasteiger partial charge in [0.2, 0.25) is 5.91 Å². The molecular formula is C16H21N3O3S2. The van der Waals surface area contributed by atoms with Crippen molar-refractivity contribution < 1.29 is 13.2 Å². The van der Waals surface area contributed by atoms with Crippen LogP contribution in [0.2, 0.25) is 0 Å². The van der Waals surface area contributed by atoms with Crippen molar-refractivity contribution in [1.29, 1.82) is 0 Å². The highest BCUT2D eigenvalue weighted by molar-refractivity contribution is 7.91. The van der Waals surface area contributed by atoms with E-state index >= 15 is 0 Å². The van der Waals surface area contributed by atoms with Gasteiger partial charge < -0.3 is 5.32 Å². The smallest absolute Gasteiger partial charge is 0.250 e. The molecule has 2 rings (SSSR count). The summed E-state index contributed by atoms with van der Waals surface area (Å²) >= 11 is 1.12. The van der Waals surface area contributed by atoms with Crippen LogP contribution in [0.5, 0.6) is 0 Å². The summed E-state index contributed by atoms with van der Waals surface area (Å²) in [6.45, 7) is 4.20. The molecule has 0 fully saturated rings. The van der Waals surface area contributed by atoms with E-state index in [0.29, 0.717) is 13.0 Å². The molecule has 2 aromatic heterocycles. The Labute approximate surface area is 146 Å². The van der Waals surface area contributed by atoms with Crippen LogP contribution in [0.4, 0.5) is 0 Å². The number of hydrogen-bond acceptors (Lipinski definition) is 5. The first-order valence-corrected chi connectivity index (χ1v) is 9.97. The van der Waals surface area contributed by atoms with Gasteiger partial charge in [-0.3, -0.25) is 9.78 Å². The zero-order chi connectivity index (χ0) is 17.6. The number of hydrogen-bond donors (Lipinski definition) is 2. The predicted octanol–water partition coefficient (Wildman–Crippen LogP) is 2.15. The number of carbonyl (C=O) groups excluding carboxylic acids is 1. The zero-order valence-corrected chi connectivity index (χ0v) is 15.2. The summed E-state index contributed by atoms with van der Waals surface area (Å²) in [5.74, 6) is -0.169. The molecule has 0 unspecified atom stereocenters. The Balaban J connectivity index is 2.05. The number of sulfonamides is 1. The Kier molecular flexibility index (Phi) is 6.47. The van der Waals surface area contributed by atoms with Crippen molar-refractivity contribution in [2.24, 2.45) is 5.92 Å². The van der Waals surface area contributed by atoms with Gasteiger partial charge in [0.25, 0.3) is 10.0 Å². The van der Waals surface area contributed by atoms with Gasteiger partial charge in [-0.15, -0.1) is 11.3 Å². The van der Waals surface area contributed by atoms with Gasteiger partial charge in [-0.2, -0.15) is 4.72 Å². The molecule has 0 aliphatic rings. The minimum atomic E-state index is -3.69. The minimum absolute atomic E-state index is 0.171. The van der Waals surface area contributed by atoms with Crippen molar-refractivity contribution in [3.63, 3.8) is 0 Å². The molecule has 1 amide bonds. The predicted molar refractivity (Wildman–Crippen MR) is 94.0 cm³/mol. The topological polar surface area (TPSA) is 88.2 Å². The second-order valence-corrected chi connectivity index (χ2v) is 8.70. The molecule has 2 N–H and O–H groups in total. The number of aromatic nitrogens is 1. The van der Waals surface area contributed by atoms with Crippen molar-refractivity contribution in [3.8, 4) is 0 Å². The lowest BCUT2D eigenvalue weighted by molar-refractivity contribution is -0.123. The molecule has 8 heteroatoms. The standard InChI is InChI=1S/C16H21N3O3S2/c1-12(2)9-14(19-24(21,22)15-6-4-8-23-15)16(20)18-11-13-5-3-7-17-10-13/h3-8,10,12,14,19H,9,11H2,1-2H3,(H,18,20)/t14-/m1/s1. The van der Waals surface area contributed by atoms with E-state index in [4.69, 9.17) is 0 Å². The second kappa shape index (κ2) is 8.36. The summed E-state index contributed by atoms with van der Waals surface area (Å²) in [4.78, 5) is 16.4. The highest BCUT2D eigenvalue weighted by Crippen LogP contribution is 2.17. The molecule has 0 aromatic carbocycles. The molecule has 0 saturated carbocycles. The van der Waals surface area contributed by atoms with Crippen molar-refractivity contribution in [2.45, 2.75) is 37.1 Å². The number of rotatable bonds is 8. The molecule has 0 aliphatic heterocycles. The van der Waals surface area contributed by atoms with Gasteiger partial charge in [-0.1, -0.05) is 26.0 Å². The summed E-state index contributed by atoms with van der Waals surface area (Å²) in [6, 6.07) is 6.01. The molecule has 6 nitrogen and oxygen atoms in total. The van der Waals surface area contributed by atoms with Gasteiger partial charge in [-0.05, 0) is 35.4 Å². The fraction of sp³-hybridized carbons (Fsp3) is 0.375. The summed E-state index contributed by atoms with van der Waals surface area (Å²) < 4.78 is 27.5. The van der Waals surface area contributed by atoms with Gasteiger partial charge in [0, 0.05) is 18.9 Å². The Morgan fingerprint density at radius 3 is 2.67 bits per heavy atom. The third kappa shape index (κ3) is 5.40. The summed E-state index contributed by atoms with van der Waals surface area (Å²) in [7, 11) is -3.69. The molecule has 0 spiro atoms. The zero-order valence-electron chi connectivity index (χ0n) is 13.6. The molecule has 2 heterocycles. The van der Waals surface area contributed by atoms with E-state index in [0.717, 1.165) is 16.9 Å². The first-order chi connectivity index (χ1) is 11.4. The number of pyridine rings is 1. The van der Waals surface area contributed by atoms with Gasteiger partial charge in [0.1, 0.15) is 10.3 Å². The number of thiophene rings is 1. The second-order valence-electron chi connectivity index (χ2n) is 5.81. The molecule has 1 atom stereocenters. The Morgan fingerprint density at radius 2 is 2.08 bits per heavy atom. The third-order valence-corrected chi connectivity index (χ3v) is 6.14.